The maximum absolute atomic E-state index is 12.0. The van der Waals surface area contributed by atoms with Crippen LogP contribution in [0.25, 0.3) is 6.08 Å². The van der Waals surface area contributed by atoms with Crippen molar-refractivity contribution in [3.05, 3.63) is 35.4 Å². The molecule has 1 saturated carbocycles. The van der Waals surface area contributed by atoms with Crippen LogP contribution in [-0.4, -0.2) is 6.36 Å². The molecule has 0 N–H and O–H groups in total. The number of rotatable bonds is 2. The second-order valence-corrected chi connectivity index (χ2v) is 5.10. The van der Waals surface area contributed by atoms with Crippen LogP contribution in [0.4, 0.5) is 13.2 Å². The van der Waals surface area contributed by atoms with Gasteiger partial charge in [-0.1, -0.05) is 30.7 Å². The average Bonchev–Trinajstić information content (AvgIpc) is 2.33. The first-order valence-corrected chi connectivity index (χ1v) is 6.47. The quantitative estimate of drug-likeness (QED) is 0.719. The van der Waals surface area contributed by atoms with E-state index in [-0.39, 0.29) is 5.75 Å². The van der Waals surface area contributed by atoms with E-state index < -0.39 is 6.36 Å². The smallest absolute Gasteiger partial charge is 0.406 e. The highest BCUT2D eigenvalue weighted by atomic mass is 19.4. The normalized spacial score (nSPS) is 20.2. The molecular weight excluding hydrogens is 253 g/mol. The number of hydrogen-bond acceptors (Lipinski definition) is 1. The Hall–Kier alpha value is -1.45. The van der Waals surface area contributed by atoms with Crippen LogP contribution < -0.4 is 4.74 Å². The van der Waals surface area contributed by atoms with Crippen molar-refractivity contribution in [3.8, 4) is 5.75 Å². The van der Waals surface area contributed by atoms with Gasteiger partial charge in [0.25, 0.3) is 0 Å². The van der Waals surface area contributed by atoms with Crippen molar-refractivity contribution in [2.24, 2.45) is 5.92 Å². The van der Waals surface area contributed by atoms with E-state index in [1.54, 1.807) is 12.1 Å². The summed E-state index contributed by atoms with van der Waals surface area (Å²) in [5.41, 5.74) is 2.31. The Morgan fingerprint density at radius 1 is 1.11 bits per heavy atom. The fourth-order valence-corrected chi connectivity index (χ4v) is 2.28. The van der Waals surface area contributed by atoms with E-state index in [9.17, 15) is 13.2 Å². The molecule has 1 aliphatic rings. The standard InChI is InChI=1S/C15H17F3O/c1-11-2-4-12(5-3-11)10-13-6-8-14(9-7-13)19-15(16,17)18/h6-11H,2-5H2,1H3. The molecule has 0 radical (unpaired) electrons. The van der Waals surface area contributed by atoms with Crippen LogP contribution in [-0.2, 0) is 0 Å². The van der Waals surface area contributed by atoms with Crippen molar-refractivity contribution < 1.29 is 17.9 Å². The molecule has 0 amide bonds. The SMILES string of the molecule is CC1CCC(=Cc2ccc(OC(F)(F)F)cc2)CC1. The van der Waals surface area contributed by atoms with Gasteiger partial charge in [-0.2, -0.15) is 0 Å². The topological polar surface area (TPSA) is 9.23 Å². The van der Waals surface area contributed by atoms with Crippen LogP contribution in [0.3, 0.4) is 0 Å². The number of hydrogen-bond donors (Lipinski definition) is 0. The highest BCUT2D eigenvalue weighted by molar-refractivity contribution is 5.54. The van der Waals surface area contributed by atoms with Crippen LogP contribution in [0.1, 0.15) is 38.2 Å². The zero-order valence-corrected chi connectivity index (χ0v) is 10.8. The zero-order valence-electron chi connectivity index (χ0n) is 10.8. The molecule has 19 heavy (non-hydrogen) atoms. The summed E-state index contributed by atoms with van der Waals surface area (Å²) >= 11 is 0. The van der Waals surface area contributed by atoms with Gasteiger partial charge >= 0.3 is 6.36 Å². The monoisotopic (exact) mass is 270 g/mol. The molecule has 4 heteroatoms. The number of halogens is 3. The summed E-state index contributed by atoms with van der Waals surface area (Å²) in [4.78, 5) is 0. The van der Waals surface area contributed by atoms with E-state index >= 15 is 0 Å². The van der Waals surface area contributed by atoms with Gasteiger partial charge in [-0.25, -0.2) is 0 Å². The van der Waals surface area contributed by atoms with Gasteiger partial charge in [0.2, 0.25) is 0 Å². The van der Waals surface area contributed by atoms with E-state index in [1.807, 2.05) is 0 Å². The molecule has 2 rings (SSSR count). The molecule has 1 aromatic carbocycles. The fraction of sp³-hybridized carbons (Fsp3) is 0.467. The van der Waals surface area contributed by atoms with Gasteiger partial charge in [-0.3, -0.25) is 0 Å². The molecule has 104 valence electrons. The number of ether oxygens (including phenoxy) is 1. The Bertz CT molecular complexity index is 435. The molecule has 0 spiro atoms. The van der Waals surface area contributed by atoms with Crippen LogP contribution in [0.5, 0.6) is 5.75 Å². The molecule has 0 atom stereocenters. The summed E-state index contributed by atoms with van der Waals surface area (Å²) in [5, 5.41) is 0. The molecule has 1 fully saturated rings. The lowest BCUT2D eigenvalue weighted by Gasteiger charge is -2.20. The zero-order chi connectivity index (χ0) is 13.9. The second kappa shape index (κ2) is 5.68. The Morgan fingerprint density at radius 2 is 1.68 bits per heavy atom. The molecule has 0 unspecified atom stereocenters. The van der Waals surface area contributed by atoms with E-state index in [0.29, 0.717) is 0 Å². The minimum Gasteiger partial charge on any atom is -0.406 e. The fourth-order valence-electron chi connectivity index (χ4n) is 2.28. The maximum Gasteiger partial charge on any atom is 0.573 e. The molecule has 0 aromatic heterocycles. The van der Waals surface area contributed by atoms with Crippen LogP contribution in [0, 0.1) is 5.92 Å². The largest absolute Gasteiger partial charge is 0.573 e. The van der Waals surface area contributed by atoms with Gasteiger partial charge in [0.05, 0.1) is 0 Å². The van der Waals surface area contributed by atoms with Gasteiger partial charge in [0.1, 0.15) is 5.75 Å². The van der Waals surface area contributed by atoms with E-state index in [0.717, 1.165) is 24.3 Å². The van der Waals surface area contributed by atoms with Crippen molar-refractivity contribution in [1.82, 2.24) is 0 Å². The summed E-state index contributed by atoms with van der Waals surface area (Å²) in [6.45, 7) is 2.25. The third-order valence-corrected chi connectivity index (χ3v) is 3.40. The Labute approximate surface area is 111 Å². The molecule has 1 nitrogen and oxygen atoms in total. The van der Waals surface area contributed by atoms with Crippen LogP contribution >= 0.6 is 0 Å². The lowest BCUT2D eigenvalue weighted by molar-refractivity contribution is -0.274. The summed E-state index contributed by atoms with van der Waals surface area (Å²) in [5.74, 6) is 0.603. The van der Waals surface area contributed by atoms with E-state index in [1.165, 1.54) is 30.5 Å². The summed E-state index contributed by atoms with van der Waals surface area (Å²) in [6.07, 6.45) is 2.01. The molecule has 0 heterocycles. The highest BCUT2D eigenvalue weighted by Gasteiger charge is 2.30. The third-order valence-electron chi connectivity index (χ3n) is 3.40. The molecule has 1 aromatic rings. The minimum absolute atomic E-state index is 0.174. The van der Waals surface area contributed by atoms with Crippen molar-refractivity contribution >= 4 is 6.08 Å². The Balaban J connectivity index is 2.00. The van der Waals surface area contributed by atoms with E-state index in [4.69, 9.17) is 0 Å². The molecule has 0 bridgehead atoms. The van der Waals surface area contributed by atoms with Crippen molar-refractivity contribution in [3.63, 3.8) is 0 Å². The molecular formula is C15H17F3O. The summed E-state index contributed by atoms with van der Waals surface area (Å²) in [7, 11) is 0. The first kappa shape index (κ1) is 14.0. The lowest BCUT2D eigenvalue weighted by atomic mass is 9.86. The van der Waals surface area contributed by atoms with Crippen molar-refractivity contribution in [1.29, 1.82) is 0 Å². The predicted octanol–water partition coefficient (Wildman–Crippen LogP) is 5.18. The van der Waals surface area contributed by atoms with Gasteiger partial charge in [0, 0.05) is 0 Å². The summed E-state index contributed by atoms with van der Waals surface area (Å²) in [6, 6.07) is 6.02. The van der Waals surface area contributed by atoms with Gasteiger partial charge in [-0.15, -0.1) is 13.2 Å². The number of benzene rings is 1. The Morgan fingerprint density at radius 3 is 2.21 bits per heavy atom. The minimum atomic E-state index is -4.63. The second-order valence-electron chi connectivity index (χ2n) is 5.10. The number of allylic oxidation sites excluding steroid dienone is 1. The van der Waals surface area contributed by atoms with Gasteiger partial charge in [0.15, 0.2) is 0 Å². The predicted molar refractivity (Wildman–Crippen MR) is 68.7 cm³/mol. The maximum atomic E-state index is 12.0. The first-order valence-electron chi connectivity index (χ1n) is 6.47. The van der Waals surface area contributed by atoms with Crippen LogP contribution in [0.15, 0.2) is 29.8 Å². The Kier molecular flexibility index (Phi) is 4.17. The van der Waals surface area contributed by atoms with Gasteiger partial charge < -0.3 is 4.74 Å². The van der Waals surface area contributed by atoms with Gasteiger partial charge in [-0.05, 0) is 49.3 Å². The third kappa shape index (κ3) is 4.62. The summed E-state index contributed by atoms with van der Waals surface area (Å²) < 4.78 is 39.9. The highest BCUT2D eigenvalue weighted by Crippen LogP contribution is 2.29. The number of alkyl halides is 3. The van der Waals surface area contributed by atoms with Crippen molar-refractivity contribution in [2.45, 2.75) is 39.0 Å². The first-order chi connectivity index (χ1) is 8.92. The molecule has 0 saturated heterocycles. The average molecular weight is 270 g/mol. The molecule has 0 aliphatic heterocycles. The molecule has 1 aliphatic carbocycles. The van der Waals surface area contributed by atoms with Crippen LogP contribution in [0.2, 0.25) is 0 Å². The lowest BCUT2D eigenvalue weighted by Crippen LogP contribution is -2.16. The van der Waals surface area contributed by atoms with E-state index in [2.05, 4.69) is 17.7 Å². The van der Waals surface area contributed by atoms with Crippen molar-refractivity contribution in [2.75, 3.05) is 0 Å².